The molecular formula is C27H38O8. The van der Waals surface area contributed by atoms with Gasteiger partial charge < -0.3 is 24.1 Å². The van der Waals surface area contributed by atoms with E-state index in [0.29, 0.717) is 12.3 Å². The molecule has 1 spiro atoms. The van der Waals surface area contributed by atoms with Crippen LogP contribution in [0, 0.1) is 39.9 Å². The van der Waals surface area contributed by atoms with Crippen LogP contribution in [0.4, 0.5) is 0 Å². The van der Waals surface area contributed by atoms with Gasteiger partial charge in [0.05, 0.1) is 11.8 Å². The molecule has 6 aliphatic rings. The van der Waals surface area contributed by atoms with Gasteiger partial charge in [-0.25, -0.2) is 0 Å². The van der Waals surface area contributed by atoms with E-state index in [-0.39, 0.29) is 41.0 Å². The van der Waals surface area contributed by atoms with Crippen LogP contribution in [0.5, 0.6) is 0 Å². The monoisotopic (exact) mass is 490 g/mol. The number of rotatable bonds is 2. The molecule has 1 unspecified atom stereocenters. The second-order valence-electron chi connectivity index (χ2n) is 13.0. The fourth-order valence-electron chi connectivity index (χ4n) is 10.0. The Morgan fingerprint density at radius 3 is 2.51 bits per heavy atom. The Morgan fingerprint density at radius 2 is 1.80 bits per heavy atom. The smallest absolute Gasteiger partial charge is 0.311 e. The molecule has 0 aromatic rings. The summed E-state index contributed by atoms with van der Waals surface area (Å²) in [5, 5.41) is 10.2. The first-order chi connectivity index (χ1) is 16.4. The molecule has 3 saturated heterocycles. The van der Waals surface area contributed by atoms with E-state index in [1.807, 2.05) is 6.92 Å². The van der Waals surface area contributed by atoms with Gasteiger partial charge in [0, 0.05) is 12.8 Å². The summed E-state index contributed by atoms with van der Waals surface area (Å²) in [4.78, 5) is 36.8. The summed E-state index contributed by atoms with van der Waals surface area (Å²) >= 11 is 0. The van der Waals surface area contributed by atoms with Gasteiger partial charge in [-0.2, -0.15) is 0 Å². The predicted molar refractivity (Wildman–Crippen MR) is 122 cm³/mol. The van der Waals surface area contributed by atoms with Crippen molar-refractivity contribution in [2.75, 3.05) is 0 Å². The summed E-state index contributed by atoms with van der Waals surface area (Å²) in [5.41, 5.74) is -1.88. The fraction of sp³-hybridized carbons (Fsp3) is 0.889. The lowest BCUT2D eigenvalue weighted by Gasteiger charge is -2.66. The van der Waals surface area contributed by atoms with Crippen molar-refractivity contribution < 1.29 is 38.4 Å². The van der Waals surface area contributed by atoms with Crippen LogP contribution in [0.1, 0.15) is 85.5 Å². The third-order valence-corrected chi connectivity index (χ3v) is 11.5. The quantitative estimate of drug-likeness (QED) is 0.578. The maximum Gasteiger partial charge on any atom is 0.311 e. The maximum absolute atomic E-state index is 12.4. The van der Waals surface area contributed by atoms with Crippen LogP contribution in [0.2, 0.25) is 0 Å². The van der Waals surface area contributed by atoms with Crippen molar-refractivity contribution in [1.29, 1.82) is 0 Å². The summed E-state index contributed by atoms with van der Waals surface area (Å²) in [5.74, 6) is -0.620. The summed E-state index contributed by atoms with van der Waals surface area (Å²) < 4.78 is 24.0. The van der Waals surface area contributed by atoms with Crippen LogP contribution in [-0.4, -0.2) is 47.3 Å². The standard InChI is InChI=1S/C27H38O8/c1-14(28)32-19-12-16-15(21-34-23-27(19,35-21)13-20(29)33-23)6-7-17-24(16,2)11-8-18-25(17,3)9-5-10-26(18,4)22(30)31/h15-19,21,23H,5-13H2,1-4H3,(H,30,31)/t15-,16+,17-,18?,19+,21+,23+,24-,25+,26-,27-/m0/s1. The number of carboxylic acid groups (broad SMARTS) is 1. The Kier molecular flexibility index (Phi) is 5.04. The first kappa shape index (κ1) is 23.7. The molecule has 6 fully saturated rings. The zero-order valence-corrected chi connectivity index (χ0v) is 21.2. The van der Waals surface area contributed by atoms with Gasteiger partial charge in [-0.05, 0) is 80.5 Å². The normalized spacial score (nSPS) is 54.4. The Labute approximate surface area is 206 Å². The van der Waals surface area contributed by atoms with Crippen molar-refractivity contribution in [1.82, 2.24) is 0 Å². The zero-order valence-electron chi connectivity index (χ0n) is 21.2. The summed E-state index contributed by atoms with van der Waals surface area (Å²) in [6, 6.07) is 0. The third kappa shape index (κ3) is 3.01. The van der Waals surface area contributed by atoms with E-state index >= 15 is 0 Å². The van der Waals surface area contributed by atoms with E-state index in [0.717, 1.165) is 44.9 Å². The number of hydrogen-bond acceptors (Lipinski definition) is 7. The topological polar surface area (TPSA) is 108 Å². The molecule has 0 radical (unpaired) electrons. The van der Waals surface area contributed by atoms with Crippen molar-refractivity contribution >= 4 is 17.9 Å². The Hall–Kier alpha value is -1.67. The molecule has 0 aromatic heterocycles. The van der Waals surface area contributed by atoms with Gasteiger partial charge in [-0.15, -0.1) is 0 Å². The fourth-order valence-corrected chi connectivity index (χ4v) is 10.0. The molecule has 11 atom stereocenters. The molecular weight excluding hydrogens is 452 g/mol. The van der Waals surface area contributed by atoms with Gasteiger partial charge in [-0.1, -0.05) is 20.3 Å². The van der Waals surface area contributed by atoms with E-state index in [9.17, 15) is 19.5 Å². The second-order valence-corrected chi connectivity index (χ2v) is 13.0. The number of ether oxygens (including phenoxy) is 4. The molecule has 3 heterocycles. The van der Waals surface area contributed by atoms with Gasteiger partial charge in [-0.3, -0.25) is 14.4 Å². The van der Waals surface area contributed by atoms with Crippen LogP contribution < -0.4 is 0 Å². The van der Waals surface area contributed by atoms with Crippen LogP contribution >= 0.6 is 0 Å². The van der Waals surface area contributed by atoms with Crippen LogP contribution in [0.25, 0.3) is 0 Å². The average molecular weight is 491 g/mol. The summed E-state index contributed by atoms with van der Waals surface area (Å²) in [7, 11) is 0. The summed E-state index contributed by atoms with van der Waals surface area (Å²) in [6.45, 7) is 8.08. The molecule has 8 nitrogen and oxygen atoms in total. The number of fused-ring (bicyclic) bond motifs is 7. The number of aliphatic carboxylic acids is 1. The Balaban J connectivity index is 1.38. The molecule has 0 amide bonds. The minimum atomic E-state index is -1.08. The van der Waals surface area contributed by atoms with E-state index in [1.165, 1.54) is 6.92 Å². The highest BCUT2D eigenvalue weighted by atomic mass is 16.8. The van der Waals surface area contributed by atoms with Gasteiger partial charge in [0.1, 0.15) is 6.10 Å². The minimum Gasteiger partial charge on any atom is -0.481 e. The molecule has 2 bridgehead atoms. The van der Waals surface area contributed by atoms with Crippen molar-refractivity contribution in [3.8, 4) is 0 Å². The molecule has 0 aromatic carbocycles. The van der Waals surface area contributed by atoms with Crippen LogP contribution in [0.15, 0.2) is 0 Å². The molecule has 194 valence electrons. The molecule has 3 aliphatic carbocycles. The molecule has 35 heavy (non-hydrogen) atoms. The van der Waals surface area contributed by atoms with E-state index < -0.39 is 41.6 Å². The van der Waals surface area contributed by atoms with E-state index in [2.05, 4.69) is 13.8 Å². The van der Waals surface area contributed by atoms with Crippen LogP contribution in [-0.2, 0) is 33.3 Å². The van der Waals surface area contributed by atoms with Gasteiger partial charge in [0.15, 0.2) is 11.9 Å². The predicted octanol–water partition coefficient (Wildman–Crippen LogP) is 4.05. The number of esters is 2. The number of carbonyl (C=O) groups is 3. The highest BCUT2D eigenvalue weighted by molar-refractivity contribution is 5.75. The SMILES string of the molecule is CC(=O)O[C@@H]1C[C@@H]2[C@H](CC[C@H]3[C@@]2(C)CCC2[C@]3(C)CCC[C@]2(C)C(=O)O)[C@@H]2O[C@H]3OC(=O)C[C@@]31O2. The maximum atomic E-state index is 12.4. The highest BCUT2D eigenvalue weighted by Crippen LogP contribution is 2.71. The number of carboxylic acids is 1. The zero-order chi connectivity index (χ0) is 25.0. The van der Waals surface area contributed by atoms with E-state index in [4.69, 9.17) is 18.9 Å². The van der Waals surface area contributed by atoms with Crippen molar-refractivity contribution in [3.63, 3.8) is 0 Å². The van der Waals surface area contributed by atoms with Crippen molar-refractivity contribution in [2.24, 2.45) is 39.9 Å². The largest absolute Gasteiger partial charge is 0.481 e. The molecule has 3 aliphatic heterocycles. The number of hydrogen-bond donors (Lipinski definition) is 1. The van der Waals surface area contributed by atoms with Crippen molar-refractivity contribution in [2.45, 2.75) is 110 Å². The third-order valence-electron chi connectivity index (χ3n) is 11.5. The lowest BCUT2D eigenvalue weighted by Crippen LogP contribution is -2.62. The first-order valence-corrected chi connectivity index (χ1v) is 13.4. The highest BCUT2D eigenvalue weighted by Gasteiger charge is 2.71. The van der Waals surface area contributed by atoms with E-state index in [1.54, 1.807) is 0 Å². The molecule has 1 N–H and O–H groups in total. The van der Waals surface area contributed by atoms with Gasteiger partial charge in [0.25, 0.3) is 0 Å². The summed E-state index contributed by atoms with van der Waals surface area (Å²) in [6.07, 6.45) is 5.16. The molecule has 3 saturated carbocycles. The average Bonchev–Trinajstić information content (AvgIpc) is 3.21. The second kappa shape index (κ2) is 7.44. The first-order valence-electron chi connectivity index (χ1n) is 13.4. The minimum absolute atomic E-state index is 0.0302. The van der Waals surface area contributed by atoms with Gasteiger partial charge in [0.2, 0.25) is 6.29 Å². The molecule has 8 heteroatoms. The van der Waals surface area contributed by atoms with Crippen LogP contribution in [0.3, 0.4) is 0 Å². The Bertz CT molecular complexity index is 965. The Morgan fingerprint density at radius 1 is 1.03 bits per heavy atom. The lowest BCUT2D eigenvalue weighted by atomic mass is 9.38. The van der Waals surface area contributed by atoms with Gasteiger partial charge >= 0.3 is 17.9 Å². The van der Waals surface area contributed by atoms with Crippen molar-refractivity contribution in [3.05, 3.63) is 0 Å². The number of carbonyl (C=O) groups excluding carboxylic acids is 2. The lowest BCUT2D eigenvalue weighted by molar-refractivity contribution is -0.225. The molecule has 6 rings (SSSR count).